The van der Waals surface area contributed by atoms with Crippen molar-refractivity contribution in [3.63, 3.8) is 0 Å². The molecule has 0 spiro atoms. The van der Waals surface area contributed by atoms with Crippen molar-refractivity contribution >= 4 is 17.9 Å². The van der Waals surface area contributed by atoms with E-state index in [1.165, 1.54) is 17.0 Å². The van der Waals surface area contributed by atoms with E-state index in [4.69, 9.17) is 4.74 Å². The van der Waals surface area contributed by atoms with Gasteiger partial charge in [-0.25, -0.2) is 4.79 Å². The van der Waals surface area contributed by atoms with Crippen molar-refractivity contribution in [3.05, 3.63) is 59.2 Å². The maximum Gasteiger partial charge on any atom is 0.408 e. The van der Waals surface area contributed by atoms with Crippen LogP contribution in [0.2, 0.25) is 0 Å². The van der Waals surface area contributed by atoms with Gasteiger partial charge in [0.05, 0.1) is 0 Å². The van der Waals surface area contributed by atoms with Crippen molar-refractivity contribution < 1.29 is 29.3 Å². The van der Waals surface area contributed by atoms with Gasteiger partial charge in [-0.1, -0.05) is 50.1 Å². The number of rotatable bonds is 12. The van der Waals surface area contributed by atoms with Gasteiger partial charge in [-0.05, 0) is 71.2 Å². The Kier molecular flexibility index (Phi) is 11.8. The molecule has 0 saturated heterocycles. The van der Waals surface area contributed by atoms with Crippen LogP contribution in [0.3, 0.4) is 0 Å². The van der Waals surface area contributed by atoms with Gasteiger partial charge in [0.25, 0.3) is 0 Å². The molecule has 0 heterocycles. The summed E-state index contributed by atoms with van der Waals surface area (Å²) in [5.74, 6) is -0.899. The molecule has 9 nitrogen and oxygen atoms in total. The maximum absolute atomic E-state index is 14.4. The van der Waals surface area contributed by atoms with Gasteiger partial charge in [0.15, 0.2) is 0 Å². The molecule has 9 heteroatoms. The number of carbonyl (C=O) groups is 3. The Morgan fingerprint density at radius 3 is 2.20 bits per heavy atom. The molecule has 220 valence electrons. The van der Waals surface area contributed by atoms with Gasteiger partial charge in [-0.2, -0.15) is 0 Å². The number of carbonyl (C=O) groups excluding carboxylic acids is 3. The van der Waals surface area contributed by atoms with E-state index < -0.39 is 35.6 Å². The lowest BCUT2D eigenvalue weighted by molar-refractivity contribution is -0.142. The highest BCUT2D eigenvalue weighted by Crippen LogP contribution is 2.33. The largest absolute Gasteiger partial charge is 0.508 e. The highest BCUT2D eigenvalue weighted by atomic mass is 16.6. The summed E-state index contributed by atoms with van der Waals surface area (Å²) >= 11 is 0. The van der Waals surface area contributed by atoms with Gasteiger partial charge in [0.1, 0.15) is 29.2 Å². The van der Waals surface area contributed by atoms with Crippen LogP contribution in [0.4, 0.5) is 4.79 Å². The molecule has 4 N–H and O–H groups in total. The second kappa shape index (κ2) is 14.6. The molecule has 0 saturated carbocycles. The second-order valence-electron chi connectivity index (χ2n) is 11.4. The Morgan fingerprint density at radius 2 is 1.62 bits per heavy atom. The highest BCUT2D eigenvalue weighted by Gasteiger charge is 2.37. The van der Waals surface area contributed by atoms with Gasteiger partial charge in [-0.15, -0.1) is 0 Å². The predicted molar refractivity (Wildman–Crippen MR) is 155 cm³/mol. The third kappa shape index (κ3) is 9.77. The maximum atomic E-state index is 14.4. The molecule has 0 aliphatic rings. The average molecular weight is 556 g/mol. The molecule has 2 rings (SSSR count). The zero-order chi connectivity index (χ0) is 30.0. The van der Waals surface area contributed by atoms with Crippen LogP contribution in [0.25, 0.3) is 0 Å². The summed E-state index contributed by atoms with van der Waals surface area (Å²) in [6.45, 7) is 12.8. The number of phenols is 2. The fraction of sp³-hybridized carbons (Fsp3) is 0.516. The van der Waals surface area contributed by atoms with Crippen LogP contribution >= 0.6 is 0 Å². The van der Waals surface area contributed by atoms with Crippen LogP contribution in [0, 0.1) is 6.92 Å². The monoisotopic (exact) mass is 555 g/mol. The molecule has 40 heavy (non-hydrogen) atoms. The van der Waals surface area contributed by atoms with Crippen LogP contribution in [-0.4, -0.2) is 57.3 Å². The van der Waals surface area contributed by atoms with Crippen molar-refractivity contribution in [1.29, 1.82) is 0 Å². The number of benzene rings is 2. The van der Waals surface area contributed by atoms with Gasteiger partial charge < -0.3 is 30.5 Å². The zero-order valence-corrected chi connectivity index (χ0v) is 24.8. The first kappa shape index (κ1) is 32.5. The number of amides is 3. The highest BCUT2D eigenvalue weighted by molar-refractivity contribution is 5.93. The molecule has 2 unspecified atom stereocenters. The zero-order valence-electron chi connectivity index (χ0n) is 24.8. The standard InChI is InChI=1S/C31H45N3O6/c1-8-9-10-18-34(26(28(37)32-20(2)3)24-13-11-12-21(4)27(24)36)29(38)25(33-30(39)40-31(5,6)7)19-22-14-16-23(35)17-15-22/h11-17,20,25-26,35-36H,8-10,18-19H2,1-7H3,(H,32,37)(H,33,39). The Labute approximate surface area is 237 Å². The third-order valence-corrected chi connectivity index (χ3v) is 6.21. The van der Waals surface area contributed by atoms with Crippen LogP contribution < -0.4 is 10.6 Å². The van der Waals surface area contributed by atoms with E-state index in [1.807, 2.05) is 20.8 Å². The summed E-state index contributed by atoms with van der Waals surface area (Å²) in [6.07, 6.45) is 1.68. The lowest BCUT2D eigenvalue weighted by Gasteiger charge is -2.35. The SMILES string of the molecule is CCCCCN(C(=O)C(Cc1ccc(O)cc1)NC(=O)OC(C)(C)C)C(C(=O)NC(C)C)c1cccc(C)c1O. The van der Waals surface area contributed by atoms with Crippen molar-refractivity contribution in [1.82, 2.24) is 15.5 Å². The number of hydrogen-bond acceptors (Lipinski definition) is 6. The van der Waals surface area contributed by atoms with E-state index in [0.29, 0.717) is 23.1 Å². The molecule has 0 fully saturated rings. The molecule has 0 radical (unpaired) electrons. The predicted octanol–water partition coefficient (Wildman–Crippen LogP) is 5.13. The van der Waals surface area contributed by atoms with E-state index in [9.17, 15) is 24.6 Å². The molecule has 2 aromatic rings. The van der Waals surface area contributed by atoms with E-state index in [2.05, 4.69) is 10.6 Å². The average Bonchev–Trinajstić information content (AvgIpc) is 2.84. The van der Waals surface area contributed by atoms with Crippen molar-refractivity contribution in [3.8, 4) is 11.5 Å². The van der Waals surface area contributed by atoms with Gasteiger partial charge in [0.2, 0.25) is 11.8 Å². The summed E-state index contributed by atoms with van der Waals surface area (Å²) in [5.41, 5.74) is 0.795. The summed E-state index contributed by atoms with van der Waals surface area (Å²) < 4.78 is 5.45. The summed E-state index contributed by atoms with van der Waals surface area (Å²) in [6, 6.07) is 9.05. The van der Waals surface area contributed by atoms with E-state index >= 15 is 0 Å². The number of aryl methyl sites for hydroxylation is 1. The molecular weight excluding hydrogens is 510 g/mol. The number of nitrogens with zero attached hydrogens (tertiary/aromatic N) is 1. The topological polar surface area (TPSA) is 128 Å². The number of para-hydroxylation sites is 1. The first-order chi connectivity index (χ1) is 18.7. The van der Waals surface area contributed by atoms with Crippen molar-refractivity contribution in [2.24, 2.45) is 0 Å². The fourth-order valence-corrected chi connectivity index (χ4v) is 4.33. The normalized spacial score (nSPS) is 12.9. The van der Waals surface area contributed by atoms with Crippen LogP contribution in [0.5, 0.6) is 11.5 Å². The van der Waals surface area contributed by atoms with E-state index in [-0.39, 0.29) is 30.5 Å². The Morgan fingerprint density at radius 1 is 0.975 bits per heavy atom. The summed E-state index contributed by atoms with van der Waals surface area (Å²) in [5, 5.41) is 26.3. The lowest BCUT2D eigenvalue weighted by Crippen LogP contribution is -2.54. The lowest BCUT2D eigenvalue weighted by atomic mass is 9.97. The first-order valence-corrected chi connectivity index (χ1v) is 13.9. The molecule has 0 bridgehead atoms. The minimum absolute atomic E-state index is 0.0603. The Balaban J connectivity index is 2.61. The Bertz CT molecular complexity index is 1140. The number of hydrogen-bond donors (Lipinski definition) is 4. The molecule has 2 aromatic carbocycles. The summed E-state index contributed by atoms with van der Waals surface area (Å²) in [7, 11) is 0. The van der Waals surface area contributed by atoms with E-state index in [0.717, 1.165) is 12.8 Å². The number of phenolic OH excluding ortho intramolecular Hbond substituents is 2. The number of ether oxygens (including phenoxy) is 1. The van der Waals surface area contributed by atoms with Gasteiger partial charge >= 0.3 is 6.09 Å². The molecule has 0 aromatic heterocycles. The number of alkyl carbamates (subject to hydrolysis) is 1. The number of unbranched alkanes of at least 4 members (excludes halogenated alkanes) is 2. The molecule has 0 aliphatic carbocycles. The van der Waals surface area contributed by atoms with Crippen molar-refractivity contribution in [2.75, 3.05) is 6.54 Å². The van der Waals surface area contributed by atoms with Crippen LogP contribution in [-0.2, 0) is 20.7 Å². The number of nitrogens with one attached hydrogen (secondary N) is 2. The number of aromatic hydroxyl groups is 2. The van der Waals surface area contributed by atoms with Crippen molar-refractivity contribution in [2.45, 2.75) is 97.9 Å². The molecule has 3 amide bonds. The van der Waals surface area contributed by atoms with Gasteiger partial charge in [-0.3, -0.25) is 9.59 Å². The second-order valence-corrected chi connectivity index (χ2v) is 11.4. The third-order valence-electron chi connectivity index (χ3n) is 6.21. The fourth-order valence-electron chi connectivity index (χ4n) is 4.33. The van der Waals surface area contributed by atoms with Crippen LogP contribution in [0.15, 0.2) is 42.5 Å². The quantitative estimate of drug-likeness (QED) is 0.269. The first-order valence-electron chi connectivity index (χ1n) is 13.9. The van der Waals surface area contributed by atoms with Crippen LogP contribution in [0.1, 0.15) is 83.5 Å². The Hall–Kier alpha value is -3.75. The molecular formula is C31H45N3O6. The van der Waals surface area contributed by atoms with E-state index in [1.54, 1.807) is 58.0 Å². The minimum Gasteiger partial charge on any atom is -0.508 e. The minimum atomic E-state index is -1.13. The summed E-state index contributed by atoms with van der Waals surface area (Å²) in [4.78, 5) is 42.3. The smallest absolute Gasteiger partial charge is 0.408 e. The molecule has 0 aliphatic heterocycles. The van der Waals surface area contributed by atoms with Gasteiger partial charge in [0, 0.05) is 24.6 Å². The molecule has 2 atom stereocenters.